The molecule has 0 atom stereocenters. The minimum Gasteiger partial charge on any atom is -0.350 e. The van der Waals surface area contributed by atoms with E-state index in [1.807, 2.05) is 24.3 Å². The summed E-state index contributed by atoms with van der Waals surface area (Å²) < 4.78 is 25.7. The lowest BCUT2D eigenvalue weighted by atomic mass is 10.0. The molecule has 0 bridgehead atoms. The molecule has 3 N–H and O–H groups in total. The normalized spacial score (nSPS) is 11.7. The van der Waals surface area contributed by atoms with Crippen LogP contribution in [0.25, 0.3) is 0 Å². The largest absolute Gasteiger partial charge is 0.350 e. The molecule has 0 unspecified atom stereocenters. The van der Waals surface area contributed by atoms with Gasteiger partial charge in [0.2, 0.25) is 5.91 Å². The molecule has 112 valence electrons. The van der Waals surface area contributed by atoms with Gasteiger partial charge in [0.1, 0.15) is 0 Å². The number of benzene rings is 1. The van der Waals surface area contributed by atoms with Crippen molar-refractivity contribution in [1.82, 2.24) is 5.32 Å². The van der Waals surface area contributed by atoms with Crippen LogP contribution in [0.2, 0.25) is 0 Å². The van der Waals surface area contributed by atoms with Crippen LogP contribution in [0.1, 0.15) is 37.3 Å². The zero-order valence-corrected chi connectivity index (χ0v) is 12.0. The van der Waals surface area contributed by atoms with Gasteiger partial charge in [-0.15, -0.1) is 0 Å². The fourth-order valence-corrected chi connectivity index (χ4v) is 1.72. The lowest BCUT2D eigenvalue weighted by Crippen LogP contribution is -2.41. The van der Waals surface area contributed by atoms with Gasteiger partial charge in [-0.2, -0.15) is 0 Å². The van der Waals surface area contributed by atoms with Gasteiger partial charge in [0, 0.05) is 6.42 Å². The Balaban J connectivity index is 2.37. The van der Waals surface area contributed by atoms with Crippen molar-refractivity contribution in [3.05, 3.63) is 35.4 Å². The van der Waals surface area contributed by atoms with E-state index in [0.717, 1.165) is 5.56 Å². The number of carbonyl (C=O) groups is 1. The van der Waals surface area contributed by atoms with Crippen molar-refractivity contribution in [3.8, 4) is 0 Å². The standard InChI is InChI=1S/C15H22F2N2O/c1-11(2)13-6-3-12(4-7-13)5-8-14(20)19-10-15(16,17)9-18/h3-4,6-7,11H,5,8-10,18H2,1-2H3,(H,19,20). The molecule has 0 spiro atoms. The number of hydrogen-bond acceptors (Lipinski definition) is 2. The average molecular weight is 284 g/mol. The molecule has 0 aliphatic heterocycles. The number of hydrogen-bond donors (Lipinski definition) is 2. The van der Waals surface area contributed by atoms with Gasteiger partial charge in [0.15, 0.2) is 0 Å². The van der Waals surface area contributed by atoms with Crippen LogP contribution in [-0.2, 0) is 11.2 Å². The van der Waals surface area contributed by atoms with E-state index < -0.39 is 19.0 Å². The van der Waals surface area contributed by atoms with Crippen LogP contribution in [-0.4, -0.2) is 24.9 Å². The van der Waals surface area contributed by atoms with Crippen LogP contribution in [0.15, 0.2) is 24.3 Å². The molecule has 0 aliphatic carbocycles. The van der Waals surface area contributed by atoms with E-state index in [4.69, 9.17) is 5.73 Å². The van der Waals surface area contributed by atoms with Crippen LogP contribution in [0.3, 0.4) is 0 Å². The Morgan fingerprint density at radius 2 is 1.90 bits per heavy atom. The number of halogens is 2. The number of nitrogens with one attached hydrogen (secondary N) is 1. The van der Waals surface area contributed by atoms with E-state index >= 15 is 0 Å². The Morgan fingerprint density at radius 1 is 1.30 bits per heavy atom. The Hall–Kier alpha value is -1.49. The average Bonchev–Trinajstić information content (AvgIpc) is 2.43. The van der Waals surface area contributed by atoms with Gasteiger partial charge in [-0.25, -0.2) is 8.78 Å². The molecule has 0 aromatic heterocycles. The van der Waals surface area contributed by atoms with Crippen molar-refractivity contribution in [2.45, 2.75) is 38.5 Å². The lowest BCUT2D eigenvalue weighted by Gasteiger charge is -2.14. The maximum atomic E-state index is 12.9. The van der Waals surface area contributed by atoms with E-state index in [-0.39, 0.29) is 12.3 Å². The molecule has 1 amide bonds. The highest BCUT2D eigenvalue weighted by molar-refractivity contribution is 5.76. The summed E-state index contributed by atoms with van der Waals surface area (Å²) in [5, 5.41) is 2.20. The first-order valence-corrected chi connectivity index (χ1v) is 6.77. The first-order valence-electron chi connectivity index (χ1n) is 6.77. The fourth-order valence-electron chi connectivity index (χ4n) is 1.72. The van der Waals surface area contributed by atoms with E-state index in [2.05, 4.69) is 19.2 Å². The maximum absolute atomic E-state index is 12.9. The predicted molar refractivity (Wildman–Crippen MR) is 75.9 cm³/mol. The minimum atomic E-state index is -3.03. The molecule has 3 nitrogen and oxygen atoms in total. The molecule has 1 aromatic rings. The smallest absolute Gasteiger partial charge is 0.277 e. The molecule has 0 fully saturated rings. The number of amides is 1. The quantitative estimate of drug-likeness (QED) is 0.808. The molecule has 20 heavy (non-hydrogen) atoms. The fraction of sp³-hybridized carbons (Fsp3) is 0.533. The zero-order valence-electron chi connectivity index (χ0n) is 12.0. The Kier molecular flexibility index (Phi) is 6.07. The summed E-state index contributed by atoms with van der Waals surface area (Å²) in [6.45, 7) is 2.76. The van der Waals surface area contributed by atoms with Gasteiger partial charge in [-0.3, -0.25) is 4.79 Å². The first kappa shape index (κ1) is 16.6. The van der Waals surface area contributed by atoms with E-state index in [1.165, 1.54) is 5.56 Å². The second-order valence-electron chi connectivity index (χ2n) is 5.23. The summed E-state index contributed by atoms with van der Waals surface area (Å²) in [6, 6.07) is 8.00. The van der Waals surface area contributed by atoms with Crippen LogP contribution >= 0.6 is 0 Å². The molecule has 0 radical (unpaired) electrons. The lowest BCUT2D eigenvalue weighted by molar-refractivity contribution is -0.122. The highest BCUT2D eigenvalue weighted by Gasteiger charge is 2.26. The summed E-state index contributed by atoms with van der Waals surface area (Å²) >= 11 is 0. The second kappa shape index (κ2) is 7.33. The zero-order chi connectivity index (χ0) is 15.2. The molecule has 1 aromatic carbocycles. The molecular formula is C15H22F2N2O. The monoisotopic (exact) mass is 284 g/mol. The predicted octanol–water partition coefficient (Wildman–Crippen LogP) is 2.45. The molecule has 1 rings (SSSR count). The van der Waals surface area contributed by atoms with Crippen molar-refractivity contribution < 1.29 is 13.6 Å². The first-order chi connectivity index (χ1) is 9.34. The van der Waals surface area contributed by atoms with E-state index in [0.29, 0.717) is 12.3 Å². The van der Waals surface area contributed by atoms with Crippen molar-refractivity contribution >= 4 is 5.91 Å². The SMILES string of the molecule is CC(C)c1ccc(CCC(=O)NCC(F)(F)CN)cc1. The minimum absolute atomic E-state index is 0.196. The number of alkyl halides is 2. The molecule has 0 heterocycles. The van der Waals surface area contributed by atoms with Gasteiger partial charge in [-0.1, -0.05) is 38.1 Å². The summed E-state index contributed by atoms with van der Waals surface area (Å²) in [4.78, 5) is 11.5. The topological polar surface area (TPSA) is 55.1 Å². The van der Waals surface area contributed by atoms with Gasteiger partial charge < -0.3 is 11.1 Å². The van der Waals surface area contributed by atoms with Gasteiger partial charge in [0.05, 0.1) is 13.1 Å². The van der Waals surface area contributed by atoms with Crippen LogP contribution in [0.5, 0.6) is 0 Å². The third-order valence-corrected chi connectivity index (χ3v) is 3.13. The van der Waals surface area contributed by atoms with Gasteiger partial charge in [-0.05, 0) is 23.5 Å². The van der Waals surface area contributed by atoms with Crippen molar-refractivity contribution in [1.29, 1.82) is 0 Å². The third-order valence-electron chi connectivity index (χ3n) is 3.13. The Labute approximate surface area is 118 Å². The highest BCUT2D eigenvalue weighted by Crippen LogP contribution is 2.15. The third kappa shape index (κ3) is 5.65. The van der Waals surface area contributed by atoms with Crippen LogP contribution in [0, 0.1) is 0 Å². The van der Waals surface area contributed by atoms with E-state index in [1.54, 1.807) is 0 Å². The van der Waals surface area contributed by atoms with Crippen LogP contribution in [0.4, 0.5) is 8.78 Å². The number of aryl methyl sites for hydroxylation is 1. The number of rotatable bonds is 7. The van der Waals surface area contributed by atoms with Gasteiger partial charge in [0.25, 0.3) is 5.92 Å². The summed E-state index contributed by atoms with van der Waals surface area (Å²) in [5.41, 5.74) is 7.15. The Bertz CT molecular complexity index is 430. The second-order valence-corrected chi connectivity index (χ2v) is 5.23. The van der Waals surface area contributed by atoms with E-state index in [9.17, 15) is 13.6 Å². The molecule has 0 saturated heterocycles. The molecule has 0 aliphatic rings. The van der Waals surface area contributed by atoms with Crippen molar-refractivity contribution in [3.63, 3.8) is 0 Å². The summed E-state index contributed by atoms with van der Waals surface area (Å²) in [5.74, 6) is -2.95. The maximum Gasteiger partial charge on any atom is 0.277 e. The summed E-state index contributed by atoms with van der Waals surface area (Å²) in [7, 11) is 0. The van der Waals surface area contributed by atoms with Crippen molar-refractivity contribution in [2.24, 2.45) is 5.73 Å². The number of nitrogens with two attached hydrogens (primary N) is 1. The summed E-state index contributed by atoms with van der Waals surface area (Å²) in [6.07, 6.45) is 0.736. The van der Waals surface area contributed by atoms with Crippen LogP contribution < -0.4 is 11.1 Å². The molecule has 0 saturated carbocycles. The molecular weight excluding hydrogens is 262 g/mol. The number of carbonyl (C=O) groups excluding carboxylic acids is 1. The van der Waals surface area contributed by atoms with Gasteiger partial charge >= 0.3 is 0 Å². The highest BCUT2D eigenvalue weighted by atomic mass is 19.3. The van der Waals surface area contributed by atoms with Crippen molar-refractivity contribution in [2.75, 3.05) is 13.1 Å². The Morgan fingerprint density at radius 3 is 2.40 bits per heavy atom. The molecule has 5 heteroatoms.